The number of benzene rings is 1. The molecule has 1 aromatic carbocycles. The lowest BCUT2D eigenvalue weighted by Crippen LogP contribution is -2.06. The normalized spacial score (nSPS) is 19.4. The molecule has 1 aliphatic carbocycles. The van der Waals surface area contributed by atoms with Crippen molar-refractivity contribution in [2.75, 3.05) is 0 Å². The van der Waals surface area contributed by atoms with Crippen molar-refractivity contribution >= 4 is 10.9 Å². The van der Waals surface area contributed by atoms with Crippen LogP contribution in [0.3, 0.4) is 0 Å². The molecule has 84 valence electrons. The van der Waals surface area contributed by atoms with Crippen LogP contribution in [0.5, 0.6) is 0 Å². The lowest BCUT2D eigenvalue weighted by atomic mass is 10.1. The number of hydrogen-bond acceptors (Lipinski definition) is 1. The molecular weight excluding hydrogens is 217 g/mol. The SMILES string of the molecule is NC1CCc2[nH]c3c(F)cc(F)c(F)c3c21. The van der Waals surface area contributed by atoms with Gasteiger partial charge in [0.15, 0.2) is 11.6 Å². The van der Waals surface area contributed by atoms with E-state index in [1.54, 1.807) is 0 Å². The van der Waals surface area contributed by atoms with Crippen molar-refractivity contribution in [2.24, 2.45) is 5.73 Å². The number of H-pyrrole nitrogens is 1. The zero-order valence-electron chi connectivity index (χ0n) is 8.28. The van der Waals surface area contributed by atoms with Gasteiger partial charge in [-0.3, -0.25) is 0 Å². The highest BCUT2D eigenvalue weighted by molar-refractivity contribution is 5.87. The Balaban J connectivity index is 2.48. The highest BCUT2D eigenvalue weighted by atomic mass is 19.2. The van der Waals surface area contributed by atoms with Crippen molar-refractivity contribution in [3.63, 3.8) is 0 Å². The summed E-state index contributed by atoms with van der Waals surface area (Å²) in [5.74, 6) is -2.98. The number of rotatable bonds is 0. The van der Waals surface area contributed by atoms with Crippen molar-refractivity contribution in [3.05, 3.63) is 34.8 Å². The molecule has 0 aliphatic heterocycles. The van der Waals surface area contributed by atoms with Crippen LogP contribution in [0.25, 0.3) is 10.9 Å². The van der Waals surface area contributed by atoms with Crippen LogP contribution in [0.2, 0.25) is 0 Å². The first-order valence-electron chi connectivity index (χ1n) is 5.03. The summed E-state index contributed by atoms with van der Waals surface area (Å²) in [5, 5.41) is -0.0301. The number of aryl methyl sites for hydroxylation is 1. The average Bonchev–Trinajstić information content (AvgIpc) is 2.76. The number of aromatic nitrogens is 1. The van der Waals surface area contributed by atoms with Crippen LogP contribution < -0.4 is 5.73 Å². The van der Waals surface area contributed by atoms with E-state index < -0.39 is 17.5 Å². The molecule has 3 rings (SSSR count). The highest BCUT2D eigenvalue weighted by Gasteiger charge is 2.28. The Kier molecular flexibility index (Phi) is 1.83. The second-order valence-electron chi connectivity index (χ2n) is 4.07. The number of nitrogens with two attached hydrogens (primary N) is 1. The van der Waals surface area contributed by atoms with E-state index in [-0.39, 0.29) is 16.9 Å². The first kappa shape index (κ1) is 9.72. The summed E-state index contributed by atoms with van der Waals surface area (Å²) in [4.78, 5) is 2.78. The topological polar surface area (TPSA) is 41.8 Å². The predicted octanol–water partition coefficient (Wildman–Crippen LogP) is 2.53. The molecule has 0 fully saturated rings. The molecule has 1 unspecified atom stereocenters. The largest absolute Gasteiger partial charge is 0.356 e. The van der Waals surface area contributed by atoms with Crippen molar-refractivity contribution in [2.45, 2.75) is 18.9 Å². The molecule has 3 N–H and O–H groups in total. The van der Waals surface area contributed by atoms with Gasteiger partial charge in [0.1, 0.15) is 5.82 Å². The molecule has 0 spiro atoms. The molecule has 5 heteroatoms. The van der Waals surface area contributed by atoms with Gasteiger partial charge >= 0.3 is 0 Å². The Morgan fingerprint density at radius 3 is 2.75 bits per heavy atom. The minimum absolute atomic E-state index is 0.0130. The van der Waals surface area contributed by atoms with Crippen LogP contribution >= 0.6 is 0 Å². The number of aromatic amines is 1. The number of hydrogen-bond donors (Lipinski definition) is 2. The van der Waals surface area contributed by atoms with Gasteiger partial charge in [-0.2, -0.15) is 0 Å². The third-order valence-corrected chi connectivity index (χ3v) is 3.12. The standard InChI is InChI=1S/C11H9F3N2/c12-4-3-5(13)11-9(10(4)14)8-6(15)1-2-7(8)16-11/h3,6,16H,1-2,15H2. The molecule has 1 aromatic heterocycles. The molecule has 2 nitrogen and oxygen atoms in total. The minimum atomic E-state index is -1.18. The maximum absolute atomic E-state index is 13.6. The van der Waals surface area contributed by atoms with E-state index in [4.69, 9.17) is 5.73 Å². The average molecular weight is 226 g/mol. The molecule has 16 heavy (non-hydrogen) atoms. The maximum atomic E-state index is 13.6. The summed E-state index contributed by atoms with van der Waals surface area (Å²) in [6.45, 7) is 0. The lowest BCUT2D eigenvalue weighted by Gasteiger charge is -2.04. The first-order valence-corrected chi connectivity index (χ1v) is 5.03. The molecule has 0 radical (unpaired) electrons. The van der Waals surface area contributed by atoms with Crippen LogP contribution in [-0.2, 0) is 6.42 Å². The fourth-order valence-corrected chi connectivity index (χ4v) is 2.39. The Bertz CT molecular complexity index is 589. The third-order valence-electron chi connectivity index (χ3n) is 3.12. The third kappa shape index (κ3) is 1.06. The van der Waals surface area contributed by atoms with Crippen LogP contribution in [-0.4, -0.2) is 4.98 Å². The number of halogens is 3. The van der Waals surface area contributed by atoms with E-state index in [2.05, 4.69) is 4.98 Å². The van der Waals surface area contributed by atoms with Crippen molar-refractivity contribution in [1.82, 2.24) is 4.98 Å². The molecule has 1 heterocycles. The van der Waals surface area contributed by atoms with Gasteiger partial charge in [-0.25, -0.2) is 13.2 Å². The van der Waals surface area contributed by atoms with Crippen LogP contribution in [0.1, 0.15) is 23.7 Å². The highest BCUT2D eigenvalue weighted by Crippen LogP contribution is 2.38. The van der Waals surface area contributed by atoms with E-state index >= 15 is 0 Å². The van der Waals surface area contributed by atoms with Crippen LogP contribution in [0.15, 0.2) is 6.07 Å². The minimum Gasteiger partial charge on any atom is -0.356 e. The van der Waals surface area contributed by atoms with Crippen molar-refractivity contribution < 1.29 is 13.2 Å². The lowest BCUT2D eigenvalue weighted by molar-refractivity contribution is 0.504. The number of nitrogens with one attached hydrogen (secondary N) is 1. The summed E-state index contributed by atoms with van der Waals surface area (Å²) < 4.78 is 40.2. The van der Waals surface area contributed by atoms with Crippen molar-refractivity contribution in [1.29, 1.82) is 0 Å². The van der Waals surface area contributed by atoms with Gasteiger partial charge in [0, 0.05) is 28.8 Å². The summed E-state index contributed by atoms with van der Waals surface area (Å²) in [5.41, 5.74) is 7.04. The summed E-state index contributed by atoms with van der Waals surface area (Å²) in [7, 11) is 0. The second kappa shape index (κ2) is 3.01. The monoisotopic (exact) mass is 226 g/mol. The zero-order valence-corrected chi connectivity index (χ0v) is 8.28. The van der Waals surface area contributed by atoms with Gasteiger partial charge < -0.3 is 10.7 Å². The number of fused-ring (bicyclic) bond motifs is 3. The van der Waals surface area contributed by atoms with E-state index in [0.29, 0.717) is 30.2 Å². The second-order valence-corrected chi connectivity index (χ2v) is 4.07. The zero-order chi connectivity index (χ0) is 11.4. The van der Waals surface area contributed by atoms with E-state index in [1.165, 1.54) is 0 Å². The van der Waals surface area contributed by atoms with Crippen LogP contribution in [0, 0.1) is 17.5 Å². The molecule has 0 saturated carbocycles. The molecule has 0 saturated heterocycles. The molecule has 0 bridgehead atoms. The Hall–Kier alpha value is -1.49. The first-order chi connectivity index (χ1) is 7.59. The van der Waals surface area contributed by atoms with Crippen LogP contribution in [0.4, 0.5) is 13.2 Å². The Labute approximate surface area is 89.2 Å². The van der Waals surface area contributed by atoms with Gasteiger partial charge in [0.25, 0.3) is 0 Å². The smallest absolute Gasteiger partial charge is 0.168 e. The molecule has 1 atom stereocenters. The Morgan fingerprint density at radius 2 is 2.00 bits per heavy atom. The molecule has 0 amide bonds. The summed E-state index contributed by atoms with van der Waals surface area (Å²) >= 11 is 0. The van der Waals surface area contributed by atoms with E-state index in [1.807, 2.05) is 0 Å². The molecular formula is C11H9F3N2. The predicted molar refractivity (Wildman–Crippen MR) is 53.4 cm³/mol. The van der Waals surface area contributed by atoms with Gasteiger partial charge in [-0.05, 0) is 12.8 Å². The molecule has 1 aliphatic rings. The Morgan fingerprint density at radius 1 is 1.25 bits per heavy atom. The fourth-order valence-electron chi connectivity index (χ4n) is 2.39. The van der Waals surface area contributed by atoms with Gasteiger partial charge in [-0.1, -0.05) is 0 Å². The quantitative estimate of drug-likeness (QED) is 0.666. The molecule has 2 aromatic rings. The van der Waals surface area contributed by atoms with Crippen molar-refractivity contribution in [3.8, 4) is 0 Å². The maximum Gasteiger partial charge on any atom is 0.168 e. The van der Waals surface area contributed by atoms with E-state index in [9.17, 15) is 13.2 Å². The fraction of sp³-hybridized carbons (Fsp3) is 0.273. The van der Waals surface area contributed by atoms with Gasteiger partial charge in [0.2, 0.25) is 0 Å². The van der Waals surface area contributed by atoms with E-state index in [0.717, 1.165) is 0 Å². The van der Waals surface area contributed by atoms with Gasteiger partial charge in [-0.15, -0.1) is 0 Å². The summed E-state index contributed by atoms with van der Waals surface area (Å²) in [6, 6.07) is 0.203. The summed E-state index contributed by atoms with van der Waals surface area (Å²) in [6.07, 6.45) is 1.32. The van der Waals surface area contributed by atoms with Gasteiger partial charge in [0.05, 0.1) is 5.52 Å².